The average Bonchev–Trinajstić information content (AvgIpc) is 2.36. The Morgan fingerprint density at radius 3 is 2.67 bits per heavy atom. The van der Waals surface area contributed by atoms with Gasteiger partial charge < -0.3 is 5.32 Å². The van der Waals surface area contributed by atoms with Gasteiger partial charge in [0.1, 0.15) is 0 Å². The van der Waals surface area contributed by atoms with Gasteiger partial charge in [-0.3, -0.25) is 4.98 Å². The minimum Gasteiger partial charge on any atom is -0.377 e. The molecule has 4 heteroatoms. The molecule has 0 amide bonds. The summed E-state index contributed by atoms with van der Waals surface area (Å²) in [6.07, 6.45) is 4.64. The maximum absolute atomic E-state index is 4.16. The third-order valence-electron chi connectivity index (χ3n) is 2.71. The molecule has 2 aromatic rings. The number of halogens is 2. The van der Waals surface area contributed by atoms with Gasteiger partial charge in [0.2, 0.25) is 0 Å². The van der Waals surface area contributed by atoms with Crippen molar-refractivity contribution < 1.29 is 0 Å². The lowest BCUT2D eigenvalue weighted by molar-refractivity contribution is 0.748. The fourth-order valence-electron chi connectivity index (χ4n) is 1.84. The first kappa shape index (κ1) is 13.6. The van der Waals surface area contributed by atoms with Crippen LogP contribution < -0.4 is 5.32 Å². The Bertz CT molecular complexity index is 529. The van der Waals surface area contributed by atoms with Gasteiger partial charge in [-0.1, -0.05) is 35.0 Å². The van der Waals surface area contributed by atoms with E-state index in [2.05, 4.69) is 67.3 Å². The van der Waals surface area contributed by atoms with Crippen molar-refractivity contribution in [2.24, 2.45) is 0 Å². The van der Waals surface area contributed by atoms with E-state index in [0.29, 0.717) is 6.04 Å². The van der Waals surface area contributed by atoms with Gasteiger partial charge in [0, 0.05) is 15.1 Å². The Balaban J connectivity index is 2.19. The maximum Gasteiger partial charge on any atom is 0.0542 e. The van der Waals surface area contributed by atoms with Crippen LogP contribution in [0.5, 0.6) is 0 Å². The van der Waals surface area contributed by atoms with Crippen LogP contribution in [-0.2, 0) is 0 Å². The largest absolute Gasteiger partial charge is 0.377 e. The molecule has 18 heavy (non-hydrogen) atoms. The molecule has 1 N–H and O–H groups in total. The molecule has 0 aliphatic carbocycles. The molecule has 1 heterocycles. The lowest BCUT2D eigenvalue weighted by Crippen LogP contribution is -2.09. The van der Waals surface area contributed by atoms with Gasteiger partial charge in [0.15, 0.2) is 0 Å². The Hall–Kier alpha value is -0.870. The smallest absolute Gasteiger partial charge is 0.0542 e. The Labute approximate surface area is 124 Å². The number of hydrogen-bond acceptors (Lipinski definition) is 2. The molecule has 1 atom stereocenters. The molecule has 0 aliphatic rings. The summed E-state index contributed by atoms with van der Waals surface area (Å²) < 4.78 is 2.09. The molecular weight excluding hydrogens is 356 g/mol. The fraction of sp³-hybridized carbons (Fsp3) is 0.214. The van der Waals surface area contributed by atoms with Gasteiger partial charge in [0.05, 0.1) is 17.9 Å². The second-order valence-electron chi connectivity index (χ2n) is 4.05. The molecule has 0 bridgehead atoms. The highest BCUT2D eigenvalue weighted by molar-refractivity contribution is 9.10. The van der Waals surface area contributed by atoms with Crippen LogP contribution in [0, 0.1) is 0 Å². The zero-order valence-electron chi connectivity index (χ0n) is 10.0. The van der Waals surface area contributed by atoms with Crippen LogP contribution in [0.3, 0.4) is 0 Å². The van der Waals surface area contributed by atoms with E-state index in [9.17, 15) is 0 Å². The molecule has 1 aromatic heterocycles. The first-order chi connectivity index (χ1) is 8.69. The topological polar surface area (TPSA) is 24.9 Å². The van der Waals surface area contributed by atoms with Gasteiger partial charge in [-0.25, -0.2) is 0 Å². The van der Waals surface area contributed by atoms with Crippen molar-refractivity contribution in [3.63, 3.8) is 0 Å². The van der Waals surface area contributed by atoms with E-state index in [-0.39, 0.29) is 0 Å². The lowest BCUT2D eigenvalue weighted by atomic mass is 10.0. The Morgan fingerprint density at radius 1 is 1.17 bits per heavy atom. The summed E-state index contributed by atoms with van der Waals surface area (Å²) >= 11 is 6.94. The number of benzene rings is 1. The van der Waals surface area contributed by atoms with E-state index in [1.54, 1.807) is 6.20 Å². The van der Waals surface area contributed by atoms with Crippen molar-refractivity contribution in [2.75, 3.05) is 5.32 Å². The molecule has 94 valence electrons. The predicted octanol–water partition coefficient (Wildman–Crippen LogP) is 5.17. The van der Waals surface area contributed by atoms with E-state index < -0.39 is 0 Å². The molecule has 1 unspecified atom stereocenters. The summed E-state index contributed by atoms with van der Waals surface area (Å²) in [5, 5.41) is 3.50. The molecule has 0 aliphatic heterocycles. The van der Waals surface area contributed by atoms with Crippen molar-refractivity contribution in [1.82, 2.24) is 4.98 Å². The van der Waals surface area contributed by atoms with E-state index in [1.165, 1.54) is 5.56 Å². The van der Waals surface area contributed by atoms with Gasteiger partial charge in [0.25, 0.3) is 0 Å². The van der Waals surface area contributed by atoms with E-state index in [0.717, 1.165) is 21.1 Å². The van der Waals surface area contributed by atoms with E-state index in [1.807, 2.05) is 18.3 Å². The minimum atomic E-state index is 0.290. The fourth-order valence-corrected chi connectivity index (χ4v) is 2.62. The van der Waals surface area contributed by atoms with Crippen LogP contribution in [0.1, 0.15) is 24.9 Å². The number of hydrogen-bond donors (Lipinski definition) is 1. The van der Waals surface area contributed by atoms with Crippen LogP contribution in [0.2, 0.25) is 0 Å². The predicted molar refractivity (Wildman–Crippen MR) is 82.7 cm³/mol. The molecule has 0 radical (unpaired) electrons. The lowest BCUT2D eigenvalue weighted by Gasteiger charge is -2.19. The highest BCUT2D eigenvalue weighted by Crippen LogP contribution is 2.25. The Kier molecular flexibility index (Phi) is 4.78. The van der Waals surface area contributed by atoms with E-state index in [4.69, 9.17) is 0 Å². The van der Waals surface area contributed by atoms with E-state index >= 15 is 0 Å². The van der Waals surface area contributed by atoms with Crippen LogP contribution in [0.25, 0.3) is 0 Å². The highest BCUT2D eigenvalue weighted by Gasteiger charge is 2.09. The SMILES string of the molecule is CCC(Nc1cncc(Br)c1)c1cccc(Br)c1. The number of anilines is 1. The Morgan fingerprint density at radius 2 is 2.00 bits per heavy atom. The molecule has 2 nitrogen and oxygen atoms in total. The van der Waals surface area contributed by atoms with Crippen LogP contribution in [0.4, 0.5) is 5.69 Å². The molecule has 0 spiro atoms. The summed E-state index contributed by atoms with van der Waals surface area (Å²) in [6, 6.07) is 10.7. The van der Waals surface area contributed by atoms with Gasteiger partial charge in [-0.2, -0.15) is 0 Å². The first-order valence-corrected chi connectivity index (χ1v) is 7.40. The zero-order valence-corrected chi connectivity index (χ0v) is 13.2. The third kappa shape index (κ3) is 3.56. The standard InChI is InChI=1S/C14H14Br2N2/c1-2-14(10-4-3-5-11(15)6-10)18-13-7-12(16)8-17-9-13/h3-9,14,18H,2H2,1H3. The minimum absolute atomic E-state index is 0.290. The molecule has 1 aromatic carbocycles. The summed E-state index contributed by atoms with van der Waals surface area (Å²) in [6.45, 7) is 2.17. The van der Waals surface area contributed by atoms with Crippen molar-refractivity contribution in [2.45, 2.75) is 19.4 Å². The second kappa shape index (κ2) is 6.34. The number of nitrogens with one attached hydrogen (secondary N) is 1. The zero-order chi connectivity index (χ0) is 13.0. The summed E-state index contributed by atoms with van der Waals surface area (Å²) in [7, 11) is 0. The molecule has 0 saturated heterocycles. The highest BCUT2D eigenvalue weighted by atomic mass is 79.9. The normalized spacial score (nSPS) is 12.2. The summed E-state index contributed by atoms with van der Waals surface area (Å²) in [4.78, 5) is 4.16. The van der Waals surface area contributed by atoms with Gasteiger partial charge in [-0.05, 0) is 46.1 Å². The number of pyridine rings is 1. The molecular formula is C14H14Br2N2. The van der Waals surface area contributed by atoms with Crippen molar-refractivity contribution in [1.29, 1.82) is 0 Å². The third-order valence-corrected chi connectivity index (χ3v) is 3.63. The maximum atomic E-state index is 4.16. The number of rotatable bonds is 4. The van der Waals surface area contributed by atoms with Crippen LogP contribution in [-0.4, -0.2) is 4.98 Å². The summed E-state index contributed by atoms with van der Waals surface area (Å²) in [5.41, 5.74) is 2.29. The monoisotopic (exact) mass is 368 g/mol. The first-order valence-electron chi connectivity index (χ1n) is 5.81. The number of aromatic nitrogens is 1. The van der Waals surface area contributed by atoms with Crippen molar-refractivity contribution in [3.05, 3.63) is 57.2 Å². The van der Waals surface area contributed by atoms with Crippen LogP contribution >= 0.6 is 31.9 Å². The van der Waals surface area contributed by atoms with Crippen molar-refractivity contribution in [3.8, 4) is 0 Å². The molecule has 0 fully saturated rings. The number of nitrogens with zero attached hydrogens (tertiary/aromatic N) is 1. The second-order valence-corrected chi connectivity index (χ2v) is 5.88. The van der Waals surface area contributed by atoms with Crippen LogP contribution in [0.15, 0.2) is 51.7 Å². The summed E-state index contributed by atoms with van der Waals surface area (Å²) in [5.74, 6) is 0. The molecule has 2 rings (SSSR count). The molecule has 0 saturated carbocycles. The van der Waals surface area contributed by atoms with Crippen molar-refractivity contribution >= 4 is 37.5 Å². The van der Waals surface area contributed by atoms with Gasteiger partial charge >= 0.3 is 0 Å². The average molecular weight is 370 g/mol. The van der Waals surface area contributed by atoms with Gasteiger partial charge in [-0.15, -0.1) is 0 Å². The quantitative estimate of drug-likeness (QED) is 0.803.